The summed E-state index contributed by atoms with van der Waals surface area (Å²) in [6, 6.07) is 13.7. The molecule has 3 rings (SSSR count). The van der Waals surface area contributed by atoms with Gasteiger partial charge in [-0.3, -0.25) is 9.98 Å². The lowest BCUT2D eigenvalue weighted by molar-refractivity contribution is 0.398. The molecular weight excluding hydrogens is 262 g/mol. The second kappa shape index (κ2) is 5.71. The van der Waals surface area contributed by atoms with Crippen LogP contribution in [0.4, 0.5) is 5.69 Å². The fourth-order valence-electron chi connectivity index (χ4n) is 2.09. The Morgan fingerprint density at radius 2 is 2.00 bits per heavy atom. The van der Waals surface area contributed by atoms with E-state index in [0.717, 1.165) is 27.8 Å². The molecule has 0 fully saturated rings. The zero-order valence-electron chi connectivity index (χ0n) is 11.9. The number of ether oxygens (including phenoxy) is 1. The molecule has 3 aromatic rings. The van der Waals surface area contributed by atoms with Crippen LogP contribution in [0.15, 0.2) is 53.7 Å². The van der Waals surface area contributed by atoms with Gasteiger partial charge in [0.2, 0.25) is 5.88 Å². The van der Waals surface area contributed by atoms with E-state index in [1.165, 1.54) is 0 Å². The van der Waals surface area contributed by atoms with Crippen molar-refractivity contribution in [2.24, 2.45) is 4.99 Å². The number of fused-ring (bicyclic) bond motifs is 1. The molecular formula is C17H15N3O. The molecule has 4 nitrogen and oxygen atoms in total. The topological polar surface area (TPSA) is 47.4 Å². The SMILES string of the molecule is COc1ccc(C=Nc2cccc3nc(C)ccc23)cn1. The highest BCUT2D eigenvalue weighted by Crippen LogP contribution is 2.24. The van der Waals surface area contributed by atoms with Crippen LogP contribution in [0.5, 0.6) is 5.88 Å². The number of aryl methyl sites for hydroxylation is 1. The third-order valence-corrected chi connectivity index (χ3v) is 3.17. The van der Waals surface area contributed by atoms with E-state index in [1.807, 2.05) is 43.3 Å². The van der Waals surface area contributed by atoms with Crippen LogP contribution in [-0.2, 0) is 0 Å². The molecule has 0 spiro atoms. The molecule has 0 radical (unpaired) electrons. The summed E-state index contributed by atoms with van der Waals surface area (Å²) in [7, 11) is 1.60. The molecule has 104 valence electrons. The Morgan fingerprint density at radius 1 is 1.10 bits per heavy atom. The summed E-state index contributed by atoms with van der Waals surface area (Å²) in [5, 5.41) is 1.04. The summed E-state index contributed by atoms with van der Waals surface area (Å²) in [5.41, 5.74) is 3.78. The summed E-state index contributed by atoms with van der Waals surface area (Å²) < 4.78 is 5.04. The van der Waals surface area contributed by atoms with Crippen molar-refractivity contribution in [2.75, 3.05) is 7.11 Å². The van der Waals surface area contributed by atoms with Crippen LogP contribution in [0.1, 0.15) is 11.3 Å². The molecule has 0 unspecified atom stereocenters. The fourth-order valence-corrected chi connectivity index (χ4v) is 2.09. The van der Waals surface area contributed by atoms with Gasteiger partial charge in [-0.05, 0) is 37.3 Å². The molecule has 0 bridgehead atoms. The lowest BCUT2D eigenvalue weighted by Crippen LogP contribution is -1.88. The van der Waals surface area contributed by atoms with Crippen molar-refractivity contribution in [2.45, 2.75) is 6.92 Å². The number of rotatable bonds is 3. The zero-order valence-corrected chi connectivity index (χ0v) is 11.9. The Kier molecular flexibility index (Phi) is 3.60. The van der Waals surface area contributed by atoms with Gasteiger partial charge in [0.05, 0.1) is 18.3 Å². The van der Waals surface area contributed by atoms with Crippen LogP contribution < -0.4 is 4.74 Å². The number of pyridine rings is 2. The smallest absolute Gasteiger partial charge is 0.212 e. The summed E-state index contributed by atoms with van der Waals surface area (Å²) >= 11 is 0. The maximum atomic E-state index is 5.04. The number of methoxy groups -OCH3 is 1. The zero-order chi connectivity index (χ0) is 14.7. The van der Waals surface area contributed by atoms with Gasteiger partial charge in [-0.15, -0.1) is 0 Å². The molecule has 4 heteroatoms. The summed E-state index contributed by atoms with van der Waals surface area (Å²) in [4.78, 5) is 13.2. The minimum atomic E-state index is 0.594. The summed E-state index contributed by atoms with van der Waals surface area (Å²) in [6.07, 6.45) is 3.52. The average molecular weight is 277 g/mol. The maximum Gasteiger partial charge on any atom is 0.212 e. The van der Waals surface area contributed by atoms with Crippen molar-refractivity contribution in [3.8, 4) is 5.88 Å². The summed E-state index contributed by atoms with van der Waals surface area (Å²) in [5.74, 6) is 0.594. The second-order valence-electron chi connectivity index (χ2n) is 4.69. The van der Waals surface area contributed by atoms with Crippen LogP contribution in [0.2, 0.25) is 0 Å². The third kappa shape index (κ3) is 2.89. The third-order valence-electron chi connectivity index (χ3n) is 3.17. The van der Waals surface area contributed by atoms with Crippen LogP contribution in [0, 0.1) is 6.92 Å². The molecule has 0 atom stereocenters. The first-order valence-electron chi connectivity index (χ1n) is 6.67. The first-order chi connectivity index (χ1) is 10.3. The molecule has 0 aliphatic rings. The van der Waals surface area contributed by atoms with Crippen LogP contribution >= 0.6 is 0 Å². The number of hydrogen-bond acceptors (Lipinski definition) is 4. The maximum absolute atomic E-state index is 5.04. The molecule has 0 amide bonds. The first kappa shape index (κ1) is 13.2. The Bertz CT molecular complexity index is 795. The van der Waals surface area contributed by atoms with Gasteiger partial charge in [0.25, 0.3) is 0 Å². The molecule has 1 aromatic carbocycles. The lowest BCUT2D eigenvalue weighted by Gasteiger charge is -2.02. The summed E-state index contributed by atoms with van der Waals surface area (Å²) in [6.45, 7) is 1.98. The minimum absolute atomic E-state index is 0.594. The van der Waals surface area contributed by atoms with Gasteiger partial charge >= 0.3 is 0 Å². The van der Waals surface area contributed by atoms with Crippen molar-refractivity contribution in [1.82, 2.24) is 9.97 Å². The van der Waals surface area contributed by atoms with Crippen molar-refractivity contribution in [1.29, 1.82) is 0 Å². The standard InChI is InChI=1S/C17H15N3O/c1-12-6-8-14-15(4-3-5-16(14)20-12)18-10-13-7-9-17(21-2)19-11-13/h3-11H,1-2H3. The highest BCUT2D eigenvalue weighted by Gasteiger charge is 2.00. The first-order valence-corrected chi connectivity index (χ1v) is 6.67. The minimum Gasteiger partial charge on any atom is -0.481 e. The number of hydrogen-bond donors (Lipinski definition) is 0. The van der Waals surface area contributed by atoms with E-state index in [4.69, 9.17) is 4.74 Å². The van der Waals surface area contributed by atoms with E-state index in [-0.39, 0.29) is 0 Å². The van der Waals surface area contributed by atoms with E-state index < -0.39 is 0 Å². The Labute approximate surface area is 123 Å². The van der Waals surface area contributed by atoms with Gasteiger partial charge in [0.1, 0.15) is 0 Å². The van der Waals surface area contributed by atoms with E-state index in [2.05, 4.69) is 21.0 Å². The predicted molar refractivity (Wildman–Crippen MR) is 84.5 cm³/mol. The Balaban J connectivity index is 1.95. The van der Waals surface area contributed by atoms with Gasteiger partial charge in [-0.2, -0.15) is 0 Å². The number of nitrogens with zero attached hydrogens (tertiary/aromatic N) is 3. The predicted octanol–water partition coefficient (Wildman–Crippen LogP) is 3.70. The monoisotopic (exact) mass is 277 g/mol. The normalized spacial score (nSPS) is 11.1. The van der Waals surface area contributed by atoms with Crippen LogP contribution in [-0.4, -0.2) is 23.3 Å². The van der Waals surface area contributed by atoms with E-state index in [9.17, 15) is 0 Å². The average Bonchev–Trinajstić information content (AvgIpc) is 2.53. The lowest BCUT2D eigenvalue weighted by atomic mass is 10.1. The number of benzene rings is 1. The van der Waals surface area contributed by atoms with Gasteiger partial charge < -0.3 is 4.74 Å². The molecule has 2 aromatic heterocycles. The Hall–Kier alpha value is -2.75. The molecule has 0 saturated heterocycles. The van der Waals surface area contributed by atoms with Gasteiger partial charge in [0.15, 0.2) is 0 Å². The van der Waals surface area contributed by atoms with Crippen molar-refractivity contribution in [3.05, 3.63) is 59.9 Å². The van der Waals surface area contributed by atoms with Crippen LogP contribution in [0.3, 0.4) is 0 Å². The molecule has 0 N–H and O–H groups in total. The Morgan fingerprint density at radius 3 is 2.76 bits per heavy atom. The van der Waals surface area contributed by atoms with E-state index >= 15 is 0 Å². The van der Waals surface area contributed by atoms with Gasteiger partial charge in [-0.25, -0.2) is 4.98 Å². The molecule has 0 aliphatic carbocycles. The van der Waals surface area contributed by atoms with Crippen LogP contribution in [0.25, 0.3) is 10.9 Å². The molecule has 0 saturated carbocycles. The quantitative estimate of drug-likeness (QED) is 0.686. The van der Waals surface area contributed by atoms with Gasteiger partial charge in [0, 0.05) is 35.1 Å². The van der Waals surface area contributed by atoms with E-state index in [1.54, 1.807) is 19.5 Å². The van der Waals surface area contributed by atoms with Crippen molar-refractivity contribution >= 4 is 22.8 Å². The highest BCUT2D eigenvalue weighted by molar-refractivity contribution is 5.93. The van der Waals surface area contributed by atoms with Crippen molar-refractivity contribution in [3.63, 3.8) is 0 Å². The molecule has 21 heavy (non-hydrogen) atoms. The van der Waals surface area contributed by atoms with Gasteiger partial charge in [-0.1, -0.05) is 6.07 Å². The highest BCUT2D eigenvalue weighted by atomic mass is 16.5. The van der Waals surface area contributed by atoms with Crippen molar-refractivity contribution < 1.29 is 4.74 Å². The number of aromatic nitrogens is 2. The molecule has 0 aliphatic heterocycles. The second-order valence-corrected chi connectivity index (χ2v) is 4.69. The molecule has 2 heterocycles. The number of aliphatic imine (C=N–C) groups is 1. The van der Waals surface area contributed by atoms with E-state index in [0.29, 0.717) is 5.88 Å². The fraction of sp³-hybridized carbons (Fsp3) is 0.118. The largest absolute Gasteiger partial charge is 0.481 e.